The van der Waals surface area contributed by atoms with Crippen molar-refractivity contribution in [2.75, 3.05) is 0 Å². The molecular formula is C18H26O2S2. The first kappa shape index (κ1) is 17.5. The van der Waals surface area contributed by atoms with Crippen molar-refractivity contribution in [3.8, 4) is 0 Å². The van der Waals surface area contributed by atoms with Crippen LogP contribution in [0.25, 0.3) is 9.40 Å². The standard InChI is InChI=1S/C18H26O2S2/c1-2-3-4-5-6-7-8-9-10-11-14-16-15(12-13-21-16)22-17(14)18(19)20/h12-13H,2-11H2,1H3,(H,19,20). The lowest BCUT2D eigenvalue weighted by molar-refractivity contribution is 0.0701. The van der Waals surface area contributed by atoms with Crippen molar-refractivity contribution in [1.82, 2.24) is 0 Å². The molecule has 0 bridgehead atoms. The number of carboxylic acids is 1. The summed E-state index contributed by atoms with van der Waals surface area (Å²) in [6.45, 7) is 2.25. The van der Waals surface area contributed by atoms with E-state index in [1.54, 1.807) is 11.3 Å². The van der Waals surface area contributed by atoms with Gasteiger partial charge in [-0.05, 0) is 29.9 Å². The molecule has 2 heterocycles. The van der Waals surface area contributed by atoms with E-state index in [0.717, 1.165) is 23.1 Å². The molecule has 0 saturated carbocycles. The Hall–Kier alpha value is -0.870. The van der Waals surface area contributed by atoms with Crippen LogP contribution < -0.4 is 0 Å². The van der Waals surface area contributed by atoms with Gasteiger partial charge in [0.2, 0.25) is 0 Å². The molecule has 0 aliphatic carbocycles. The van der Waals surface area contributed by atoms with Crippen LogP contribution in [-0.2, 0) is 6.42 Å². The molecule has 0 saturated heterocycles. The summed E-state index contributed by atoms with van der Waals surface area (Å²) in [5.41, 5.74) is 1.07. The minimum absolute atomic E-state index is 0.557. The highest BCUT2D eigenvalue weighted by Crippen LogP contribution is 2.36. The smallest absolute Gasteiger partial charge is 0.346 e. The second-order valence-corrected chi connectivity index (χ2v) is 7.88. The van der Waals surface area contributed by atoms with Gasteiger partial charge in [0, 0.05) is 9.40 Å². The van der Waals surface area contributed by atoms with Gasteiger partial charge in [0.05, 0.1) is 0 Å². The molecule has 2 nitrogen and oxygen atoms in total. The third kappa shape index (κ3) is 4.82. The van der Waals surface area contributed by atoms with Crippen molar-refractivity contribution >= 4 is 38.0 Å². The maximum absolute atomic E-state index is 11.4. The van der Waals surface area contributed by atoms with Crippen molar-refractivity contribution in [2.24, 2.45) is 0 Å². The highest BCUT2D eigenvalue weighted by Gasteiger charge is 2.17. The molecule has 0 radical (unpaired) electrons. The molecule has 0 fully saturated rings. The predicted molar refractivity (Wildman–Crippen MR) is 97.6 cm³/mol. The number of aryl methyl sites for hydroxylation is 1. The fourth-order valence-corrected chi connectivity index (χ4v) is 5.16. The van der Waals surface area contributed by atoms with Crippen molar-refractivity contribution in [2.45, 2.75) is 71.1 Å². The van der Waals surface area contributed by atoms with Gasteiger partial charge < -0.3 is 5.11 Å². The number of carbonyl (C=O) groups is 1. The number of unbranched alkanes of at least 4 members (excludes halogenated alkanes) is 8. The first-order valence-corrected chi connectivity index (χ1v) is 10.2. The number of hydrogen-bond acceptors (Lipinski definition) is 3. The normalized spacial score (nSPS) is 11.3. The number of carboxylic acid groups (broad SMARTS) is 1. The van der Waals surface area contributed by atoms with E-state index in [4.69, 9.17) is 0 Å². The average molecular weight is 339 g/mol. The summed E-state index contributed by atoms with van der Waals surface area (Å²) < 4.78 is 2.33. The first-order chi connectivity index (χ1) is 10.7. The second kappa shape index (κ2) is 9.31. The van der Waals surface area contributed by atoms with E-state index in [0.29, 0.717) is 4.88 Å². The van der Waals surface area contributed by atoms with Gasteiger partial charge in [-0.2, -0.15) is 0 Å². The van der Waals surface area contributed by atoms with Gasteiger partial charge >= 0.3 is 5.97 Å². The lowest BCUT2D eigenvalue weighted by Crippen LogP contribution is -1.97. The summed E-state index contributed by atoms with van der Waals surface area (Å²) in [4.78, 5) is 11.9. The summed E-state index contributed by atoms with van der Waals surface area (Å²) in [6.07, 6.45) is 12.6. The molecule has 2 aromatic heterocycles. The van der Waals surface area contributed by atoms with Gasteiger partial charge in [0.1, 0.15) is 4.88 Å². The van der Waals surface area contributed by atoms with E-state index in [2.05, 4.69) is 12.3 Å². The Kier molecular flexibility index (Phi) is 7.40. The molecule has 122 valence electrons. The van der Waals surface area contributed by atoms with Crippen molar-refractivity contribution < 1.29 is 9.90 Å². The predicted octanol–water partition coefficient (Wildman–Crippen LogP) is 6.73. The number of fused-ring (bicyclic) bond motifs is 1. The fourth-order valence-electron chi connectivity index (χ4n) is 2.88. The molecule has 0 spiro atoms. The average Bonchev–Trinajstić information content (AvgIpc) is 3.07. The molecule has 4 heteroatoms. The summed E-state index contributed by atoms with van der Waals surface area (Å²) >= 11 is 3.11. The van der Waals surface area contributed by atoms with E-state index in [9.17, 15) is 9.90 Å². The van der Waals surface area contributed by atoms with Crippen LogP contribution in [0.3, 0.4) is 0 Å². The molecular weight excluding hydrogens is 312 g/mol. The Labute approximate surface area is 141 Å². The summed E-state index contributed by atoms with van der Waals surface area (Å²) in [5.74, 6) is -0.765. The molecule has 2 aromatic rings. The molecule has 0 aromatic carbocycles. The zero-order chi connectivity index (χ0) is 15.8. The van der Waals surface area contributed by atoms with Crippen LogP contribution in [-0.4, -0.2) is 11.1 Å². The zero-order valence-electron chi connectivity index (χ0n) is 13.4. The highest BCUT2D eigenvalue weighted by molar-refractivity contribution is 7.28. The van der Waals surface area contributed by atoms with Gasteiger partial charge in [0.15, 0.2) is 0 Å². The Morgan fingerprint density at radius 1 is 1.05 bits per heavy atom. The minimum atomic E-state index is -0.765. The molecule has 0 aliphatic heterocycles. The van der Waals surface area contributed by atoms with Crippen molar-refractivity contribution in [1.29, 1.82) is 0 Å². The van der Waals surface area contributed by atoms with Crippen molar-refractivity contribution in [3.63, 3.8) is 0 Å². The Morgan fingerprint density at radius 3 is 2.32 bits per heavy atom. The van der Waals surface area contributed by atoms with E-state index in [-0.39, 0.29) is 0 Å². The maximum atomic E-state index is 11.4. The van der Waals surface area contributed by atoms with Gasteiger partial charge in [-0.15, -0.1) is 22.7 Å². The molecule has 22 heavy (non-hydrogen) atoms. The Morgan fingerprint density at radius 2 is 1.68 bits per heavy atom. The van der Waals surface area contributed by atoms with E-state index in [1.165, 1.54) is 67.4 Å². The van der Waals surface area contributed by atoms with Crippen LogP contribution >= 0.6 is 22.7 Å². The van der Waals surface area contributed by atoms with Gasteiger partial charge in [-0.1, -0.05) is 58.3 Å². The number of rotatable bonds is 11. The highest BCUT2D eigenvalue weighted by atomic mass is 32.1. The summed E-state index contributed by atoms with van der Waals surface area (Å²) in [7, 11) is 0. The van der Waals surface area contributed by atoms with E-state index < -0.39 is 5.97 Å². The van der Waals surface area contributed by atoms with Gasteiger partial charge in [-0.3, -0.25) is 0 Å². The van der Waals surface area contributed by atoms with Crippen LogP contribution in [0.1, 0.15) is 79.9 Å². The van der Waals surface area contributed by atoms with Crippen molar-refractivity contribution in [3.05, 3.63) is 21.9 Å². The molecule has 2 rings (SSSR count). The molecule has 0 unspecified atom stereocenters. The van der Waals surface area contributed by atoms with Crippen LogP contribution in [0.15, 0.2) is 11.4 Å². The summed E-state index contributed by atoms with van der Waals surface area (Å²) in [5, 5.41) is 11.4. The van der Waals surface area contributed by atoms with Crippen LogP contribution in [0, 0.1) is 0 Å². The van der Waals surface area contributed by atoms with Crippen LogP contribution in [0.2, 0.25) is 0 Å². The van der Waals surface area contributed by atoms with Gasteiger partial charge in [-0.25, -0.2) is 4.79 Å². The third-order valence-corrected chi connectivity index (χ3v) is 6.40. The lowest BCUT2D eigenvalue weighted by Gasteiger charge is -2.03. The SMILES string of the molecule is CCCCCCCCCCCc1c(C(=O)O)sc2ccsc12. The monoisotopic (exact) mass is 338 g/mol. The summed E-state index contributed by atoms with van der Waals surface area (Å²) in [6, 6.07) is 2.04. The fraction of sp³-hybridized carbons (Fsp3) is 0.611. The molecule has 0 atom stereocenters. The second-order valence-electron chi connectivity index (χ2n) is 5.91. The third-order valence-electron chi connectivity index (χ3n) is 4.11. The molecule has 1 N–H and O–H groups in total. The van der Waals surface area contributed by atoms with Crippen LogP contribution in [0.5, 0.6) is 0 Å². The van der Waals surface area contributed by atoms with E-state index >= 15 is 0 Å². The van der Waals surface area contributed by atoms with E-state index in [1.807, 2.05) is 6.07 Å². The maximum Gasteiger partial charge on any atom is 0.346 e. The number of hydrogen-bond donors (Lipinski definition) is 1. The first-order valence-electron chi connectivity index (χ1n) is 8.46. The lowest BCUT2D eigenvalue weighted by atomic mass is 10.0. The largest absolute Gasteiger partial charge is 0.477 e. The van der Waals surface area contributed by atoms with Gasteiger partial charge in [0.25, 0.3) is 0 Å². The Bertz CT molecular complexity index is 583. The topological polar surface area (TPSA) is 37.3 Å². The number of thiophene rings is 2. The minimum Gasteiger partial charge on any atom is -0.477 e. The molecule has 0 amide bonds. The quantitative estimate of drug-likeness (QED) is 0.461. The molecule has 0 aliphatic rings. The Balaban J connectivity index is 1.72. The van der Waals surface area contributed by atoms with Crippen LogP contribution in [0.4, 0.5) is 0 Å². The zero-order valence-corrected chi connectivity index (χ0v) is 15.0. The number of aromatic carboxylic acids is 1.